The highest BCUT2D eigenvalue weighted by molar-refractivity contribution is 9.09. The third-order valence-electron chi connectivity index (χ3n) is 3.20. The average molecular weight is 363 g/mol. The molecule has 1 saturated heterocycles. The minimum Gasteiger partial charge on any atom is -0.372 e. The Hall–Kier alpha value is -0.500. The molecule has 0 aromatic carbocycles. The highest BCUT2D eigenvalue weighted by Crippen LogP contribution is 2.17. The van der Waals surface area contributed by atoms with Gasteiger partial charge in [0.15, 0.2) is 0 Å². The number of aryl methyl sites for hydroxylation is 1. The fourth-order valence-corrected chi connectivity index (χ4v) is 4.14. The third kappa shape index (κ3) is 4.25. The van der Waals surface area contributed by atoms with Gasteiger partial charge in [-0.15, -0.1) is 0 Å². The van der Waals surface area contributed by atoms with E-state index in [1.54, 1.807) is 6.20 Å². The number of nitrogens with zero attached hydrogens (tertiary/aromatic N) is 2. The molecule has 7 heteroatoms. The number of rotatable bonds is 5. The van der Waals surface area contributed by atoms with Crippen LogP contribution in [0.3, 0.4) is 0 Å². The summed E-state index contributed by atoms with van der Waals surface area (Å²) in [6, 6.07) is 5.54. The number of alkyl halides is 1. The molecule has 1 aromatic heterocycles. The van der Waals surface area contributed by atoms with E-state index in [-0.39, 0.29) is 18.0 Å². The van der Waals surface area contributed by atoms with Crippen LogP contribution in [-0.4, -0.2) is 54.1 Å². The van der Waals surface area contributed by atoms with Gasteiger partial charge < -0.3 is 4.74 Å². The van der Waals surface area contributed by atoms with Crippen molar-refractivity contribution >= 4 is 26.0 Å². The Morgan fingerprint density at radius 2 is 2.25 bits per heavy atom. The normalized spacial score (nSPS) is 24.7. The maximum absolute atomic E-state index is 12.4. The minimum absolute atomic E-state index is 0.0732. The lowest BCUT2D eigenvalue weighted by atomic mass is 10.3. The Morgan fingerprint density at radius 1 is 1.45 bits per heavy atom. The van der Waals surface area contributed by atoms with Crippen LogP contribution < -0.4 is 0 Å². The summed E-state index contributed by atoms with van der Waals surface area (Å²) < 4.78 is 32.0. The predicted molar refractivity (Wildman–Crippen MR) is 81.4 cm³/mol. The number of ether oxygens (including phenoxy) is 1. The summed E-state index contributed by atoms with van der Waals surface area (Å²) in [5.41, 5.74) is 0.800. The summed E-state index contributed by atoms with van der Waals surface area (Å²) in [5, 5.41) is 0.642. The summed E-state index contributed by atoms with van der Waals surface area (Å²) >= 11 is 3.35. The minimum atomic E-state index is -3.26. The van der Waals surface area contributed by atoms with Crippen LogP contribution in [-0.2, 0) is 21.2 Å². The number of hydrogen-bond acceptors (Lipinski definition) is 4. The topological polar surface area (TPSA) is 59.5 Å². The van der Waals surface area contributed by atoms with Gasteiger partial charge >= 0.3 is 0 Å². The van der Waals surface area contributed by atoms with E-state index in [1.807, 2.05) is 25.1 Å². The molecule has 112 valence electrons. The van der Waals surface area contributed by atoms with E-state index in [1.165, 1.54) is 4.31 Å². The Kier molecular flexibility index (Phi) is 5.54. The van der Waals surface area contributed by atoms with E-state index in [9.17, 15) is 8.42 Å². The third-order valence-corrected chi connectivity index (χ3v) is 5.73. The summed E-state index contributed by atoms with van der Waals surface area (Å²) in [6.45, 7) is 2.74. The molecule has 2 unspecified atom stereocenters. The van der Waals surface area contributed by atoms with Crippen LogP contribution in [0.1, 0.15) is 12.6 Å². The number of hydrogen-bond donors (Lipinski definition) is 0. The molecule has 0 spiro atoms. The number of morpholine rings is 1. The van der Waals surface area contributed by atoms with E-state index in [2.05, 4.69) is 20.9 Å². The zero-order valence-corrected chi connectivity index (χ0v) is 13.8. The van der Waals surface area contributed by atoms with Gasteiger partial charge in [0.1, 0.15) is 0 Å². The van der Waals surface area contributed by atoms with Gasteiger partial charge in [-0.1, -0.05) is 22.0 Å². The Labute approximate surface area is 128 Å². The van der Waals surface area contributed by atoms with Crippen LogP contribution in [0.4, 0.5) is 0 Å². The first-order valence-electron chi connectivity index (χ1n) is 6.60. The SMILES string of the molecule is CC1CN(S(=O)(=O)CCc2ccccn2)CC(CBr)O1. The van der Waals surface area contributed by atoms with E-state index in [4.69, 9.17) is 4.74 Å². The van der Waals surface area contributed by atoms with Crippen LogP contribution in [0.2, 0.25) is 0 Å². The molecule has 0 bridgehead atoms. The molecule has 20 heavy (non-hydrogen) atoms. The van der Waals surface area contributed by atoms with Crippen molar-refractivity contribution in [3.05, 3.63) is 30.1 Å². The predicted octanol–water partition coefficient (Wildman–Crippen LogP) is 1.44. The molecule has 0 saturated carbocycles. The number of sulfonamides is 1. The molecule has 5 nitrogen and oxygen atoms in total. The zero-order valence-electron chi connectivity index (χ0n) is 11.4. The first-order valence-corrected chi connectivity index (χ1v) is 9.33. The van der Waals surface area contributed by atoms with Crippen molar-refractivity contribution in [1.29, 1.82) is 0 Å². The van der Waals surface area contributed by atoms with Gasteiger partial charge in [0.25, 0.3) is 0 Å². The standard InChI is InChI=1S/C13H19BrN2O3S/c1-11-9-16(10-13(8-14)19-11)20(17,18)7-5-12-4-2-3-6-15-12/h2-4,6,11,13H,5,7-10H2,1H3. The Bertz CT molecular complexity index is 524. The Balaban J connectivity index is 1.99. The van der Waals surface area contributed by atoms with Crippen molar-refractivity contribution in [3.63, 3.8) is 0 Å². The van der Waals surface area contributed by atoms with Crippen LogP contribution in [0.15, 0.2) is 24.4 Å². The van der Waals surface area contributed by atoms with Crippen LogP contribution in [0.5, 0.6) is 0 Å². The second-order valence-corrected chi connectivity index (χ2v) is 7.66. The summed E-state index contributed by atoms with van der Waals surface area (Å²) in [7, 11) is -3.26. The maximum Gasteiger partial charge on any atom is 0.214 e. The smallest absolute Gasteiger partial charge is 0.214 e. The molecular formula is C13H19BrN2O3S. The number of pyridine rings is 1. The van der Waals surface area contributed by atoms with Crippen molar-refractivity contribution in [1.82, 2.24) is 9.29 Å². The molecule has 0 aliphatic carbocycles. The molecule has 0 radical (unpaired) electrons. The lowest BCUT2D eigenvalue weighted by Gasteiger charge is -2.35. The van der Waals surface area contributed by atoms with Gasteiger partial charge in [-0.05, 0) is 19.1 Å². The second kappa shape index (κ2) is 6.98. The highest BCUT2D eigenvalue weighted by atomic mass is 79.9. The molecule has 1 aliphatic heterocycles. The largest absolute Gasteiger partial charge is 0.372 e. The lowest BCUT2D eigenvalue weighted by Crippen LogP contribution is -2.50. The van der Waals surface area contributed by atoms with Crippen molar-refractivity contribution < 1.29 is 13.2 Å². The van der Waals surface area contributed by atoms with Crippen molar-refractivity contribution in [2.75, 3.05) is 24.2 Å². The monoisotopic (exact) mass is 362 g/mol. The molecule has 0 amide bonds. The molecule has 1 fully saturated rings. The molecule has 2 heterocycles. The van der Waals surface area contributed by atoms with E-state index >= 15 is 0 Å². The molecule has 2 atom stereocenters. The van der Waals surface area contributed by atoms with Crippen LogP contribution in [0, 0.1) is 0 Å². The fraction of sp³-hybridized carbons (Fsp3) is 0.615. The molecular weight excluding hydrogens is 344 g/mol. The van der Waals surface area contributed by atoms with Gasteiger partial charge in [0, 0.05) is 36.7 Å². The first kappa shape index (κ1) is 15.9. The van der Waals surface area contributed by atoms with Gasteiger partial charge in [0.05, 0.1) is 18.0 Å². The molecule has 1 aromatic rings. The van der Waals surface area contributed by atoms with E-state index in [0.29, 0.717) is 24.8 Å². The van der Waals surface area contributed by atoms with Crippen molar-refractivity contribution in [3.8, 4) is 0 Å². The lowest BCUT2D eigenvalue weighted by molar-refractivity contribution is -0.0411. The van der Waals surface area contributed by atoms with Crippen LogP contribution >= 0.6 is 15.9 Å². The van der Waals surface area contributed by atoms with Crippen molar-refractivity contribution in [2.45, 2.75) is 25.6 Å². The van der Waals surface area contributed by atoms with Crippen molar-refractivity contribution in [2.24, 2.45) is 0 Å². The van der Waals surface area contributed by atoms with E-state index < -0.39 is 10.0 Å². The van der Waals surface area contributed by atoms with Crippen LogP contribution in [0.25, 0.3) is 0 Å². The second-order valence-electron chi connectivity index (χ2n) is 4.93. The molecule has 1 aliphatic rings. The first-order chi connectivity index (χ1) is 9.51. The molecule has 2 rings (SSSR count). The number of aromatic nitrogens is 1. The van der Waals surface area contributed by atoms with Gasteiger partial charge in [-0.3, -0.25) is 4.98 Å². The summed E-state index contributed by atoms with van der Waals surface area (Å²) in [6.07, 6.45) is 1.97. The Morgan fingerprint density at radius 3 is 2.90 bits per heavy atom. The van der Waals surface area contributed by atoms with E-state index in [0.717, 1.165) is 5.69 Å². The quantitative estimate of drug-likeness (QED) is 0.743. The van der Waals surface area contributed by atoms with Gasteiger partial charge in [-0.25, -0.2) is 8.42 Å². The fourth-order valence-electron chi connectivity index (χ4n) is 2.22. The summed E-state index contributed by atoms with van der Waals surface area (Å²) in [4.78, 5) is 4.16. The van der Waals surface area contributed by atoms with Gasteiger partial charge in [0.2, 0.25) is 10.0 Å². The maximum atomic E-state index is 12.4. The summed E-state index contributed by atoms with van der Waals surface area (Å²) in [5.74, 6) is 0.0890. The highest BCUT2D eigenvalue weighted by Gasteiger charge is 2.32. The van der Waals surface area contributed by atoms with Gasteiger partial charge in [-0.2, -0.15) is 4.31 Å². The number of halogens is 1. The zero-order chi connectivity index (χ0) is 14.6. The molecule has 0 N–H and O–H groups in total. The average Bonchev–Trinajstić information content (AvgIpc) is 2.45.